The Morgan fingerprint density at radius 2 is 2.17 bits per heavy atom. The molecule has 1 aromatic carbocycles. The van der Waals surface area contributed by atoms with Gasteiger partial charge < -0.3 is 10.5 Å². The van der Waals surface area contributed by atoms with Gasteiger partial charge in [0.2, 0.25) is 0 Å². The van der Waals surface area contributed by atoms with Crippen LogP contribution in [0.25, 0.3) is 0 Å². The van der Waals surface area contributed by atoms with Crippen LogP contribution < -0.4 is 5.73 Å². The first-order valence-corrected chi connectivity index (χ1v) is 6.25. The number of methoxy groups -OCH3 is 1. The summed E-state index contributed by atoms with van der Waals surface area (Å²) in [5.74, 6) is -0.209. The molecule has 0 saturated heterocycles. The Hall–Kier alpha value is -0.970. The lowest BCUT2D eigenvalue weighted by Gasteiger charge is -2.28. The number of aryl methyl sites for hydroxylation is 1. The summed E-state index contributed by atoms with van der Waals surface area (Å²) < 4.78 is 18.4. The van der Waals surface area contributed by atoms with Crippen LogP contribution in [0.4, 0.5) is 4.39 Å². The second-order valence-corrected chi connectivity index (χ2v) is 4.58. The molecule has 1 rings (SSSR count). The van der Waals surface area contributed by atoms with E-state index in [9.17, 15) is 4.39 Å². The van der Waals surface area contributed by atoms with Gasteiger partial charge in [0.25, 0.3) is 0 Å². The summed E-state index contributed by atoms with van der Waals surface area (Å²) in [5.41, 5.74) is 7.88. The third-order valence-corrected chi connectivity index (χ3v) is 3.21. The average Bonchev–Trinajstić information content (AvgIpc) is 2.35. The fraction of sp³-hybridized carbons (Fsp3) is 0.571. The Bertz CT molecular complexity index is 371. The first-order valence-electron chi connectivity index (χ1n) is 6.25. The van der Waals surface area contributed by atoms with Crippen LogP contribution in [0, 0.1) is 12.7 Å². The van der Waals surface area contributed by atoms with Crippen molar-refractivity contribution >= 4 is 0 Å². The largest absolute Gasteiger partial charge is 0.385 e. The Balaban J connectivity index is 2.78. The highest BCUT2D eigenvalue weighted by molar-refractivity contribution is 5.29. The van der Waals surface area contributed by atoms with E-state index >= 15 is 0 Å². The molecule has 1 aromatic rings. The smallest absolute Gasteiger partial charge is 0.123 e. The topological polar surface area (TPSA) is 38.5 Å². The van der Waals surface area contributed by atoms with Gasteiger partial charge in [-0.05, 0) is 43.7 Å². The van der Waals surface area contributed by atoms with Crippen molar-refractivity contribution in [1.29, 1.82) is 0 Å². The molecule has 0 bridgehead atoms. The molecule has 4 heteroatoms. The summed E-state index contributed by atoms with van der Waals surface area (Å²) in [6.07, 6.45) is 0.942. The number of rotatable bonds is 7. The van der Waals surface area contributed by atoms with Crippen molar-refractivity contribution in [2.75, 3.05) is 33.9 Å². The molecule has 1 atom stereocenters. The van der Waals surface area contributed by atoms with E-state index in [4.69, 9.17) is 10.5 Å². The molecule has 0 aromatic heterocycles. The van der Waals surface area contributed by atoms with E-state index in [0.717, 1.165) is 30.7 Å². The summed E-state index contributed by atoms with van der Waals surface area (Å²) in [4.78, 5) is 2.15. The summed E-state index contributed by atoms with van der Waals surface area (Å²) >= 11 is 0. The Morgan fingerprint density at radius 3 is 2.78 bits per heavy atom. The number of nitrogens with two attached hydrogens (primary N) is 1. The zero-order valence-corrected chi connectivity index (χ0v) is 11.4. The first kappa shape index (κ1) is 15.1. The quantitative estimate of drug-likeness (QED) is 0.757. The molecule has 0 saturated carbocycles. The number of hydrogen-bond donors (Lipinski definition) is 1. The minimum atomic E-state index is -0.209. The third-order valence-electron chi connectivity index (χ3n) is 3.21. The summed E-state index contributed by atoms with van der Waals surface area (Å²) in [5, 5.41) is 0. The highest BCUT2D eigenvalue weighted by Gasteiger charge is 2.17. The molecule has 0 radical (unpaired) electrons. The Morgan fingerprint density at radius 1 is 1.44 bits per heavy atom. The van der Waals surface area contributed by atoms with Crippen molar-refractivity contribution < 1.29 is 9.13 Å². The fourth-order valence-electron chi connectivity index (χ4n) is 2.13. The van der Waals surface area contributed by atoms with Crippen LogP contribution in [-0.2, 0) is 4.74 Å². The minimum absolute atomic E-state index is 0.0533. The molecule has 0 heterocycles. The number of benzene rings is 1. The van der Waals surface area contributed by atoms with E-state index in [-0.39, 0.29) is 11.9 Å². The molecule has 0 aliphatic heterocycles. The molecular formula is C14H23FN2O. The van der Waals surface area contributed by atoms with E-state index in [1.54, 1.807) is 19.2 Å². The molecule has 102 valence electrons. The number of hydrogen-bond acceptors (Lipinski definition) is 3. The number of ether oxygens (including phenoxy) is 1. The zero-order valence-electron chi connectivity index (χ0n) is 11.4. The summed E-state index contributed by atoms with van der Waals surface area (Å²) in [6.45, 7) is 4.07. The predicted molar refractivity (Wildman–Crippen MR) is 72.1 cm³/mol. The second-order valence-electron chi connectivity index (χ2n) is 4.58. The van der Waals surface area contributed by atoms with Gasteiger partial charge in [-0.15, -0.1) is 0 Å². The van der Waals surface area contributed by atoms with E-state index in [2.05, 4.69) is 4.90 Å². The maximum Gasteiger partial charge on any atom is 0.123 e. The highest BCUT2D eigenvalue weighted by Crippen LogP contribution is 2.23. The summed E-state index contributed by atoms with van der Waals surface area (Å²) in [6, 6.07) is 4.92. The maximum atomic E-state index is 13.3. The molecule has 0 amide bonds. The van der Waals surface area contributed by atoms with Crippen molar-refractivity contribution in [1.82, 2.24) is 4.90 Å². The van der Waals surface area contributed by atoms with Gasteiger partial charge in [0.1, 0.15) is 5.82 Å². The van der Waals surface area contributed by atoms with Crippen LogP contribution in [0.3, 0.4) is 0 Å². The molecule has 0 spiro atoms. The third kappa shape index (κ3) is 4.05. The van der Waals surface area contributed by atoms with Gasteiger partial charge in [-0.1, -0.05) is 6.07 Å². The van der Waals surface area contributed by atoms with Crippen molar-refractivity contribution in [3.05, 3.63) is 35.1 Å². The van der Waals surface area contributed by atoms with Crippen LogP contribution >= 0.6 is 0 Å². The van der Waals surface area contributed by atoms with Gasteiger partial charge >= 0.3 is 0 Å². The van der Waals surface area contributed by atoms with Crippen LogP contribution in [0.15, 0.2) is 18.2 Å². The van der Waals surface area contributed by atoms with Gasteiger partial charge in [-0.25, -0.2) is 4.39 Å². The van der Waals surface area contributed by atoms with Gasteiger partial charge in [-0.3, -0.25) is 4.90 Å². The molecule has 18 heavy (non-hydrogen) atoms. The zero-order chi connectivity index (χ0) is 13.5. The van der Waals surface area contributed by atoms with Crippen molar-refractivity contribution in [3.8, 4) is 0 Å². The number of likely N-dealkylation sites (N-methyl/N-ethyl adjacent to an activating group) is 1. The van der Waals surface area contributed by atoms with Gasteiger partial charge in [0.15, 0.2) is 0 Å². The van der Waals surface area contributed by atoms with Crippen molar-refractivity contribution in [2.24, 2.45) is 5.73 Å². The standard InChI is InChI=1S/C14H23FN2O/c1-11-5-6-12(15)9-13(11)14(10-16)17(2)7-4-8-18-3/h5-6,9,14H,4,7-8,10,16H2,1-3H3. The predicted octanol–water partition coefficient (Wildman–Crippen LogP) is 2.10. The number of halogens is 1. The minimum Gasteiger partial charge on any atom is -0.385 e. The van der Waals surface area contributed by atoms with E-state index in [0.29, 0.717) is 6.54 Å². The Labute approximate surface area is 109 Å². The molecule has 2 N–H and O–H groups in total. The van der Waals surface area contributed by atoms with E-state index < -0.39 is 0 Å². The number of nitrogens with zero attached hydrogens (tertiary/aromatic N) is 1. The molecule has 3 nitrogen and oxygen atoms in total. The Kier molecular flexibility index (Phi) is 6.25. The normalized spacial score (nSPS) is 13.0. The lowest BCUT2D eigenvalue weighted by molar-refractivity contribution is 0.166. The van der Waals surface area contributed by atoms with Gasteiger partial charge in [0.05, 0.1) is 0 Å². The molecular weight excluding hydrogens is 231 g/mol. The van der Waals surface area contributed by atoms with Crippen molar-refractivity contribution in [3.63, 3.8) is 0 Å². The first-order chi connectivity index (χ1) is 8.60. The molecule has 0 aliphatic rings. The van der Waals surface area contributed by atoms with E-state index in [1.165, 1.54) is 6.07 Å². The second kappa shape index (κ2) is 7.46. The van der Waals surface area contributed by atoms with Crippen LogP contribution in [0.2, 0.25) is 0 Å². The lowest BCUT2D eigenvalue weighted by Crippen LogP contribution is -2.32. The highest BCUT2D eigenvalue weighted by atomic mass is 19.1. The maximum absolute atomic E-state index is 13.3. The fourth-order valence-corrected chi connectivity index (χ4v) is 2.13. The molecule has 1 unspecified atom stereocenters. The van der Waals surface area contributed by atoms with Crippen molar-refractivity contribution in [2.45, 2.75) is 19.4 Å². The van der Waals surface area contributed by atoms with Gasteiger partial charge in [0, 0.05) is 32.8 Å². The summed E-state index contributed by atoms with van der Waals surface area (Å²) in [7, 11) is 3.70. The molecule has 0 fully saturated rings. The lowest BCUT2D eigenvalue weighted by atomic mass is 10.00. The van der Waals surface area contributed by atoms with Gasteiger partial charge in [-0.2, -0.15) is 0 Å². The average molecular weight is 254 g/mol. The monoisotopic (exact) mass is 254 g/mol. The van der Waals surface area contributed by atoms with E-state index in [1.807, 2.05) is 14.0 Å². The van der Waals surface area contributed by atoms with Crippen LogP contribution in [0.5, 0.6) is 0 Å². The SMILES string of the molecule is COCCCN(C)C(CN)c1cc(F)ccc1C. The molecule has 0 aliphatic carbocycles. The van der Waals surface area contributed by atoms with Crippen LogP contribution in [0.1, 0.15) is 23.6 Å². The van der Waals surface area contributed by atoms with Crippen LogP contribution in [-0.4, -0.2) is 38.8 Å².